The fourth-order valence-electron chi connectivity index (χ4n) is 1.80. The maximum Gasteiger partial charge on any atom is 0.245 e. The van der Waals surface area contributed by atoms with Crippen LogP contribution in [0.5, 0.6) is 0 Å². The van der Waals surface area contributed by atoms with Crippen molar-refractivity contribution in [1.82, 2.24) is 10.2 Å². The third-order valence-electron chi connectivity index (χ3n) is 2.81. The molecule has 1 saturated heterocycles. The molecule has 2 rings (SSSR count). The van der Waals surface area contributed by atoms with Crippen molar-refractivity contribution in [3.8, 4) is 0 Å². The quantitative estimate of drug-likeness (QED) is 0.903. The summed E-state index contributed by atoms with van der Waals surface area (Å²) in [6.07, 6.45) is 0. The van der Waals surface area contributed by atoms with E-state index in [0.717, 1.165) is 8.66 Å². The van der Waals surface area contributed by atoms with Gasteiger partial charge in [-0.15, -0.1) is 11.3 Å². The van der Waals surface area contributed by atoms with Crippen LogP contribution >= 0.6 is 27.3 Å². The minimum Gasteiger partial charge on any atom is -0.343 e. The van der Waals surface area contributed by atoms with Gasteiger partial charge in [-0.2, -0.15) is 0 Å². The minimum atomic E-state index is -0.429. The summed E-state index contributed by atoms with van der Waals surface area (Å²) in [7, 11) is 0. The van der Waals surface area contributed by atoms with Crippen molar-refractivity contribution in [1.29, 1.82) is 0 Å². The zero-order chi connectivity index (χ0) is 12.6. The lowest BCUT2D eigenvalue weighted by atomic mass is 10.1. The van der Waals surface area contributed by atoms with Crippen LogP contribution in [-0.2, 0) is 16.1 Å². The predicted molar refractivity (Wildman–Crippen MR) is 69.6 cm³/mol. The monoisotopic (exact) mass is 316 g/mol. The molecule has 1 aliphatic heterocycles. The fourth-order valence-corrected chi connectivity index (χ4v) is 3.28. The predicted octanol–water partition coefficient (Wildman–Crippen LogP) is 1.75. The molecular weight excluding hydrogens is 304 g/mol. The van der Waals surface area contributed by atoms with Crippen LogP contribution in [0, 0.1) is 0 Å². The van der Waals surface area contributed by atoms with Gasteiger partial charge in [-0.3, -0.25) is 9.59 Å². The van der Waals surface area contributed by atoms with Crippen molar-refractivity contribution >= 4 is 39.1 Å². The van der Waals surface area contributed by atoms with Crippen molar-refractivity contribution in [2.24, 2.45) is 0 Å². The average Bonchev–Trinajstić information content (AvgIpc) is 2.68. The van der Waals surface area contributed by atoms with Gasteiger partial charge >= 0.3 is 0 Å². The highest BCUT2D eigenvalue weighted by molar-refractivity contribution is 9.11. The van der Waals surface area contributed by atoms with Gasteiger partial charge in [0.05, 0.1) is 10.3 Å². The molecule has 0 radical (unpaired) electrons. The highest BCUT2D eigenvalue weighted by atomic mass is 79.9. The average molecular weight is 317 g/mol. The van der Waals surface area contributed by atoms with E-state index >= 15 is 0 Å². The summed E-state index contributed by atoms with van der Waals surface area (Å²) in [5, 5.41) is 2.66. The van der Waals surface area contributed by atoms with Crippen molar-refractivity contribution in [3.63, 3.8) is 0 Å². The van der Waals surface area contributed by atoms with Crippen LogP contribution in [0.1, 0.15) is 18.7 Å². The number of hydrogen-bond acceptors (Lipinski definition) is 3. The van der Waals surface area contributed by atoms with E-state index in [1.165, 1.54) is 0 Å². The van der Waals surface area contributed by atoms with Crippen molar-refractivity contribution in [3.05, 3.63) is 20.8 Å². The first-order chi connectivity index (χ1) is 7.99. The molecule has 0 aromatic carbocycles. The zero-order valence-electron chi connectivity index (χ0n) is 9.57. The SMILES string of the molecule is CC1NC(=O)C(C)N(Cc2ccc(Br)s2)C1=O. The van der Waals surface area contributed by atoms with Crippen LogP contribution in [-0.4, -0.2) is 28.8 Å². The minimum absolute atomic E-state index is 0.0263. The van der Waals surface area contributed by atoms with Gasteiger partial charge in [0.25, 0.3) is 0 Å². The maximum absolute atomic E-state index is 12.0. The number of nitrogens with one attached hydrogen (secondary N) is 1. The van der Waals surface area contributed by atoms with E-state index < -0.39 is 12.1 Å². The number of piperazine rings is 1. The van der Waals surface area contributed by atoms with E-state index in [1.807, 2.05) is 12.1 Å². The van der Waals surface area contributed by atoms with E-state index in [0.29, 0.717) is 6.54 Å². The van der Waals surface area contributed by atoms with Crippen LogP contribution in [0.25, 0.3) is 0 Å². The Kier molecular flexibility index (Phi) is 3.53. The Morgan fingerprint density at radius 3 is 2.71 bits per heavy atom. The molecular formula is C11H13BrN2O2S. The number of nitrogens with zero attached hydrogens (tertiary/aromatic N) is 1. The Bertz CT molecular complexity index is 460. The summed E-state index contributed by atoms with van der Waals surface area (Å²) in [5.41, 5.74) is 0. The molecule has 0 bridgehead atoms. The van der Waals surface area contributed by atoms with Crippen molar-refractivity contribution in [2.45, 2.75) is 32.5 Å². The van der Waals surface area contributed by atoms with Gasteiger partial charge in [0.1, 0.15) is 12.1 Å². The van der Waals surface area contributed by atoms with E-state index in [4.69, 9.17) is 0 Å². The van der Waals surface area contributed by atoms with Crippen molar-refractivity contribution in [2.75, 3.05) is 0 Å². The molecule has 1 fully saturated rings. The number of halogens is 1. The second-order valence-electron chi connectivity index (χ2n) is 4.08. The number of thiophene rings is 1. The molecule has 2 heterocycles. The standard InChI is InChI=1S/C11H13BrN2O2S/c1-6-11(16)14(7(2)10(15)13-6)5-8-3-4-9(12)17-8/h3-4,6-7H,5H2,1-2H3,(H,13,15). The van der Waals surface area contributed by atoms with E-state index in [9.17, 15) is 9.59 Å². The number of hydrogen-bond donors (Lipinski definition) is 1. The lowest BCUT2D eigenvalue weighted by Gasteiger charge is -2.35. The Labute approximate surface area is 112 Å². The Balaban J connectivity index is 2.17. The summed E-state index contributed by atoms with van der Waals surface area (Å²) < 4.78 is 1.03. The lowest BCUT2D eigenvalue weighted by molar-refractivity contribution is -0.148. The Morgan fingerprint density at radius 1 is 1.41 bits per heavy atom. The fraction of sp³-hybridized carbons (Fsp3) is 0.455. The van der Waals surface area contributed by atoms with Crippen LogP contribution in [0.4, 0.5) is 0 Å². The topological polar surface area (TPSA) is 49.4 Å². The molecule has 2 unspecified atom stereocenters. The normalized spacial score (nSPS) is 25.0. The Hall–Kier alpha value is -0.880. The molecule has 6 heteroatoms. The van der Waals surface area contributed by atoms with Gasteiger partial charge in [-0.25, -0.2) is 0 Å². The summed E-state index contributed by atoms with van der Waals surface area (Å²) in [6, 6.07) is 3.08. The van der Waals surface area contributed by atoms with Crippen LogP contribution in [0.2, 0.25) is 0 Å². The van der Waals surface area contributed by atoms with Gasteiger partial charge < -0.3 is 10.2 Å². The number of amides is 2. The molecule has 0 aliphatic carbocycles. The van der Waals surface area contributed by atoms with Gasteiger partial charge in [-0.1, -0.05) is 0 Å². The zero-order valence-corrected chi connectivity index (χ0v) is 12.0. The Morgan fingerprint density at radius 2 is 2.12 bits per heavy atom. The molecule has 2 amide bonds. The van der Waals surface area contributed by atoms with Gasteiger partial charge in [-0.05, 0) is 41.9 Å². The molecule has 0 spiro atoms. The molecule has 0 saturated carbocycles. The summed E-state index contributed by atoms with van der Waals surface area (Å²) in [4.78, 5) is 26.3. The van der Waals surface area contributed by atoms with Crippen LogP contribution in [0.15, 0.2) is 15.9 Å². The third-order valence-corrected chi connectivity index (χ3v) is 4.42. The van der Waals surface area contributed by atoms with Crippen LogP contribution in [0.3, 0.4) is 0 Å². The number of carbonyl (C=O) groups is 2. The first kappa shape index (κ1) is 12.6. The first-order valence-corrected chi connectivity index (χ1v) is 6.95. The number of rotatable bonds is 2. The van der Waals surface area contributed by atoms with Gasteiger partial charge in [0.15, 0.2) is 0 Å². The highest BCUT2D eigenvalue weighted by Crippen LogP contribution is 2.24. The summed E-state index contributed by atoms with van der Waals surface area (Å²) in [5.74, 6) is -0.116. The second kappa shape index (κ2) is 4.78. The molecule has 2 atom stereocenters. The largest absolute Gasteiger partial charge is 0.343 e. The molecule has 17 heavy (non-hydrogen) atoms. The summed E-state index contributed by atoms with van der Waals surface area (Å²) in [6.45, 7) is 3.96. The van der Waals surface area contributed by atoms with E-state index in [2.05, 4.69) is 21.2 Å². The second-order valence-corrected chi connectivity index (χ2v) is 6.63. The molecule has 1 aromatic rings. The first-order valence-electron chi connectivity index (χ1n) is 5.34. The van der Waals surface area contributed by atoms with Gasteiger partial charge in [0, 0.05) is 4.88 Å². The smallest absolute Gasteiger partial charge is 0.245 e. The molecule has 4 nitrogen and oxygen atoms in total. The van der Waals surface area contributed by atoms with E-state index in [1.54, 1.807) is 30.1 Å². The highest BCUT2D eigenvalue weighted by Gasteiger charge is 2.35. The van der Waals surface area contributed by atoms with Crippen molar-refractivity contribution < 1.29 is 9.59 Å². The van der Waals surface area contributed by atoms with Gasteiger partial charge in [0.2, 0.25) is 11.8 Å². The molecule has 92 valence electrons. The molecule has 1 N–H and O–H groups in total. The maximum atomic E-state index is 12.0. The lowest BCUT2D eigenvalue weighted by Crippen LogP contribution is -2.60. The molecule has 1 aromatic heterocycles. The number of carbonyl (C=O) groups excluding carboxylic acids is 2. The summed E-state index contributed by atoms with van der Waals surface area (Å²) >= 11 is 4.97. The van der Waals surface area contributed by atoms with Crippen LogP contribution < -0.4 is 5.32 Å². The van der Waals surface area contributed by atoms with E-state index in [-0.39, 0.29) is 11.8 Å². The molecule has 1 aliphatic rings. The third kappa shape index (κ3) is 2.52.